The number of carbonyl (C=O) groups is 2. The van der Waals surface area contributed by atoms with E-state index in [0.29, 0.717) is 25.3 Å². The van der Waals surface area contributed by atoms with Gasteiger partial charge < -0.3 is 24.0 Å². The maximum Gasteiger partial charge on any atom is 0.305 e. The van der Waals surface area contributed by atoms with Crippen molar-refractivity contribution in [1.29, 1.82) is 0 Å². The molecule has 0 N–H and O–H groups in total. The lowest BCUT2D eigenvalue weighted by molar-refractivity contribution is -0.155. The topological polar surface area (TPSA) is 68.3 Å². The van der Waals surface area contributed by atoms with E-state index < -0.39 is 0 Å². The SMILES string of the molecule is COC(=O)CCCN1CCC(N2CC(COc3ccc(F)cc3)OCC2=O)CC1. The van der Waals surface area contributed by atoms with Crippen LogP contribution in [0, 0.1) is 5.82 Å². The van der Waals surface area contributed by atoms with E-state index in [9.17, 15) is 14.0 Å². The second-order valence-electron chi connectivity index (χ2n) is 7.50. The van der Waals surface area contributed by atoms with Crippen molar-refractivity contribution < 1.29 is 28.2 Å². The molecule has 0 bridgehead atoms. The Labute approximate surface area is 170 Å². The maximum atomic E-state index is 13.0. The number of rotatable bonds is 8. The lowest BCUT2D eigenvalue weighted by atomic mass is 10.0. The molecule has 160 valence electrons. The zero-order valence-corrected chi connectivity index (χ0v) is 16.8. The first-order valence-electron chi connectivity index (χ1n) is 10.1. The monoisotopic (exact) mass is 408 g/mol. The predicted octanol–water partition coefficient (Wildman–Crippen LogP) is 1.85. The summed E-state index contributed by atoms with van der Waals surface area (Å²) in [5.41, 5.74) is 0. The van der Waals surface area contributed by atoms with Crippen LogP contribution >= 0.6 is 0 Å². The Morgan fingerprint density at radius 3 is 2.66 bits per heavy atom. The first-order valence-corrected chi connectivity index (χ1v) is 10.1. The second kappa shape index (κ2) is 10.5. The van der Waals surface area contributed by atoms with Crippen molar-refractivity contribution in [1.82, 2.24) is 9.80 Å². The normalized spacial score (nSPS) is 21.2. The van der Waals surface area contributed by atoms with Crippen LogP contribution in [0.15, 0.2) is 24.3 Å². The Balaban J connectivity index is 1.42. The molecule has 0 aliphatic carbocycles. The highest BCUT2D eigenvalue weighted by Gasteiger charge is 2.33. The molecular formula is C21H29FN2O5. The molecule has 8 heteroatoms. The third kappa shape index (κ3) is 6.40. The van der Waals surface area contributed by atoms with Crippen molar-refractivity contribution in [2.24, 2.45) is 0 Å². The number of carbonyl (C=O) groups excluding carboxylic acids is 2. The number of halogens is 1. The number of hydrogen-bond acceptors (Lipinski definition) is 6. The summed E-state index contributed by atoms with van der Waals surface area (Å²) in [5, 5.41) is 0. The summed E-state index contributed by atoms with van der Waals surface area (Å²) < 4.78 is 29.0. The van der Waals surface area contributed by atoms with E-state index in [1.165, 1.54) is 19.2 Å². The molecule has 2 heterocycles. The second-order valence-corrected chi connectivity index (χ2v) is 7.50. The lowest BCUT2D eigenvalue weighted by Crippen LogP contribution is -2.55. The van der Waals surface area contributed by atoms with E-state index in [4.69, 9.17) is 9.47 Å². The number of likely N-dealkylation sites (tertiary alicyclic amines) is 1. The average Bonchev–Trinajstić information content (AvgIpc) is 2.74. The molecule has 0 spiro atoms. The zero-order valence-electron chi connectivity index (χ0n) is 16.8. The highest BCUT2D eigenvalue weighted by molar-refractivity contribution is 5.78. The minimum atomic E-state index is -0.306. The molecular weight excluding hydrogens is 379 g/mol. The van der Waals surface area contributed by atoms with Crippen molar-refractivity contribution in [2.75, 3.05) is 46.5 Å². The molecule has 1 aromatic rings. The van der Waals surface area contributed by atoms with Crippen LogP contribution in [0.3, 0.4) is 0 Å². The van der Waals surface area contributed by atoms with E-state index in [-0.39, 0.29) is 36.4 Å². The number of piperidine rings is 1. The zero-order chi connectivity index (χ0) is 20.6. The fraction of sp³-hybridized carbons (Fsp3) is 0.619. The number of morpholine rings is 1. The van der Waals surface area contributed by atoms with Gasteiger partial charge in [-0.2, -0.15) is 0 Å². The summed E-state index contributed by atoms with van der Waals surface area (Å²) in [6, 6.07) is 6.07. The summed E-state index contributed by atoms with van der Waals surface area (Å²) in [6.45, 7) is 3.58. The van der Waals surface area contributed by atoms with Crippen molar-refractivity contribution >= 4 is 11.9 Å². The molecule has 0 saturated carbocycles. The minimum Gasteiger partial charge on any atom is -0.491 e. The van der Waals surface area contributed by atoms with Crippen molar-refractivity contribution in [3.05, 3.63) is 30.1 Å². The van der Waals surface area contributed by atoms with Crippen molar-refractivity contribution in [3.8, 4) is 5.75 Å². The Kier molecular flexibility index (Phi) is 7.83. The summed E-state index contributed by atoms with van der Waals surface area (Å²) in [7, 11) is 1.41. The molecule has 0 aromatic heterocycles. The third-order valence-corrected chi connectivity index (χ3v) is 5.49. The summed E-state index contributed by atoms with van der Waals surface area (Å²) in [4.78, 5) is 27.8. The van der Waals surface area contributed by atoms with Gasteiger partial charge in [0.25, 0.3) is 0 Å². The van der Waals surface area contributed by atoms with Gasteiger partial charge in [0.05, 0.1) is 13.7 Å². The Bertz CT molecular complexity index is 676. The Morgan fingerprint density at radius 1 is 1.24 bits per heavy atom. The first kappa shape index (κ1) is 21.5. The van der Waals surface area contributed by atoms with Crippen LogP contribution in [0.5, 0.6) is 5.75 Å². The Morgan fingerprint density at radius 2 is 1.97 bits per heavy atom. The van der Waals surface area contributed by atoms with Gasteiger partial charge in [-0.3, -0.25) is 9.59 Å². The predicted molar refractivity (Wildman–Crippen MR) is 104 cm³/mol. The van der Waals surface area contributed by atoms with Gasteiger partial charge in [0.2, 0.25) is 5.91 Å². The van der Waals surface area contributed by atoms with Crippen LogP contribution in [-0.2, 0) is 19.1 Å². The van der Waals surface area contributed by atoms with Crippen LogP contribution < -0.4 is 4.74 Å². The van der Waals surface area contributed by atoms with Crippen LogP contribution in [0.25, 0.3) is 0 Å². The van der Waals surface area contributed by atoms with Gasteiger partial charge in [0.15, 0.2) is 0 Å². The molecule has 2 saturated heterocycles. The van der Waals surface area contributed by atoms with E-state index in [0.717, 1.165) is 38.9 Å². The number of hydrogen-bond donors (Lipinski definition) is 0. The van der Waals surface area contributed by atoms with Crippen LogP contribution in [0.2, 0.25) is 0 Å². The van der Waals surface area contributed by atoms with Crippen molar-refractivity contribution in [2.45, 2.75) is 37.8 Å². The van der Waals surface area contributed by atoms with Crippen molar-refractivity contribution in [3.63, 3.8) is 0 Å². The molecule has 7 nitrogen and oxygen atoms in total. The van der Waals surface area contributed by atoms with Crippen LogP contribution in [0.4, 0.5) is 4.39 Å². The molecule has 2 aliphatic heterocycles. The largest absolute Gasteiger partial charge is 0.491 e. The molecule has 3 rings (SSSR count). The summed E-state index contributed by atoms with van der Waals surface area (Å²) in [5.74, 6) is 0.123. The van der Waals surface area contributed by atoms with Crippen LogP contribution in [-0.4, -0.2) is 80.3 Å². The van der Waals surface area contributed by atoms with E-state index in [1.807, 2.05) is 4.90 Å². The quantitative estimate of drug-likeness (QED) is 0.612. The molecule has 0 radical (unpaired) electrons. The van der Waals surface area contributed by atoms with E-state index >= 15 is 0 Å². The first-order chi connectivity index (χ1) is 14.0. The van der Waals surface area contributed by atoms with Gasteiger partial charge in [0, 0.05) is 25.6 Å². The maximum absolute atomic E-state index is 13.0. The van der Waals surface area contributed by atoms with Gasteiger partial charge in [-0.25, -0.2) is 4.39 Å². The molecule has 1 atom stereocenters. The summed E-state index contributed by atoms with van der Waals surface area (Å²) >= 11 is 0. The lowest BCUT2D eigenvalue weighted by Gasteiger charge is -2.42. The molecule has 29 heavy (non-hydrogen) atoms. The van der Waals surface area contributed by atoms with Gasteiger partial charge in [-0.05, 0) is 50.1 Å². The fourth-order valence-corrected chi connectivity index (χ4v) is 3.82. The standard InChI is InChI=1S/C21H29FN2O5/c1-27-21(26)3-2-10-23-11-8-17(9-12-23)24-13-19(29-15-20(24)25)14-28-18-6-4-16(22)5-7-18/h4-7,17,19H,2-3,8-15H2,1H3. The number of ether oxygens (including phenoxy) is 3. The van der Waals surface area contributed by atoms with Gasteiger partial charge in [-0.15, -0.1) is 0 Å². The van der Waals surface area contributed by atoms with Crippen LogP contribution in [0.1, 0.15) is 25.7 Å². The number of benzene rings is 1. The smallest absolute Gasteiger partial charge is 0.305 e. The molecule has 1 aromatic carbocycles. The Hall–Kier alpha value is -2.19. The number of methoxy groups -OCH3 is 1. The molecule has 2 aliphatic rings. The third-order valence-electron chi connectivity index (χ3n) is 5.49. The molecule has 1 unspecified atom stereocenters. The number of nitrogens with zero attached hydrogens (tertiary/aromatic N) is 2. The summed E-state index contributed by atoms with van der Waals surface area (Å²) in [6.07, 6.45) is 2.85. The van der Waals surface area contributed by atoms with E-state index in [2.05, 4.69) is 9.64 Å². The van der Waals surface area contributed by atoms with Gasteiger partial charge in [-0.1, -0.05) is 0 Å². The molecule has 1 amide bonds. The van der Waals surface area contributed by atoms with E-state index in [1.54, 1.807) is 12.1 Å². The van der Waals surface area contributed by atoms with Gasteiger partial charge in [0.1, 0.15) is 30.9 Å². The fourth-order valence-electron chi connectivity index (χ4n) is 3.82. The van der Waals surface area contributed by atoms with Gasteiger partial charge >= 0.3 is 5.97 Å². The number of esters is 1. The highest BCUT2D eigenvalue weighted by atomic mass is 19.1. The average molecular weight is 408 g/mol. The molecule has 2 fully saturated rings. The number of amides is 1. The highest BCUT2D eigenvalue weighted by Crippen LogP contribution is 2.21. The minimum absolute atomic E-state index is 0.0205.